The Morgan fingerprint density at radius 3 is 2.50 bits per heavy atom. The lowest BCUT2D eigenvalue weighted by Crippen LogP contribution is -2.41. The molecule has 42 heavy (non-hydrogen) atoms. The molecule has 1 saturated heterocycles. The third-order valence-electron chi connectivity index (χ3n) is 9.12. The van der Waals surface area contributed by atoms with Gasteiger partial charge in [0.1, 0.15) is 6.04 Å². The smallest absolute Gasteiger partial charge is 0.326 e. The number of ether oxygens (including phenoxy) is 1. The van der Waals surface area contributed by atoms with Crippen LogP contribution in [0.3, 0.4) is 0 Å². The Labute approximate surface area is 257 Å². The molecule has 1 saturated carbocycles. The summed E-state index contributed by atoms with van der Waals surface area (Å²) >= 11 is 1.58. The van der Waals surface area contributed by atoms with Gasteiger partial charge in [-0.2, -0.15) is 11.8 Å². The van der Waals surface area contributed by atoms with E-state index in [1.54, 1.807) is 11.8 Å². The van der Waals surface area contributed by atoms with E-state index < -0.39 is 12.0 Å². The number of benzene rings is 2. The number of nitrogens with one attached hydrogen (secondary N) is 1. The fourth-order valence-corrected chi connectivity index (χ4v) is 7.22. The summed E-state index contributed by atoms with van der Waals surface area (Å²) in [4.78, 5) is 28.0. The maximum absolute atomic E-state index is 13.5. The van der Waals surface area contributed by atoms with Crippen LogP contribution in [0.2, 0.25) is 0 Å². The average Bonchev–Trinajstić information content (AvgIpc) is 3.36. The van der Waals surface area contributed by atoms with Crippen LogP contribution in [0.4, 0.5) is 0 Å². The van der Waals surface area contributed by atoms with Crippen molar-refractivity contribution in [3.8, 4) is 11.1 Å². The van der Waals surface area contributed by atoms with E-state index >= 15 is 0 Å². The first-order valence-electron chi connectivity index (χ1n) is 16.0. The molecular formula is C35H50N2O4S. The number of hydrogen-bond acceptors (Lipinski definition) is 5. The van der Waals surface area contributed by atoms with E-state index in [4.69, 9.17) is 4.74 Å². The first-order valence-corrected chi connectivity index (χ1v) is 17.4. The van der Waals surface area contributed by atoms with Gasteiger partial charge in [-0.3, -0.25) is 9.69 Å². The number of amides is 1. The molecule has 1 unspecified atom stereocenters. The number of aryl methyl sites for hydroxylation is 1. The van der Waals surface area contributed by atoms with Gasteiger partial charge >= 0.3 is 5.97 Å². The molecule has 2 aromatic carbocycles. The molecule has 1 aliphatic carbocycles. The van der Waals surface area contributed by atoms with Gasteiger partial charge in [0, 0.05) is 30.8 Å². The molecule has 2 aromatic rings. The highest BCUT2D eigenvalue weighted by Crippen LogP contribution is 2.33. The predicted molar refractivity (Wildman–Crippen MR) is 173 cm³/mol. The van der Waals surface area contributed by atoms with Crippen LogP contribution in [-0.4, -0.2) is 65.2 Å². The molecule has 7 heteroatoms. The van der Waals surface area contributed by atoms with Gasteiger partial charge in [0.2, 0.25) is 0 Å². The minimum Gasteiger partial charge on any atom is -0.480 e. The number of hydrogen-bond donors (Lipinski definition) is 2. The first kappa shape index (κ1) is 32.6. The van der Waals surface area contributed by atoms with Gasteiger partial charge in [0.05, 0.1) is 6.61 Å². The number of carbonyl (C=O) groups excluding carboxylic acids is 1. The lowest BCUT2D eigenvalue weighted by molar-refractivity contribution is -0.139. The number of carboxylic acid groups (broad SMARTS) is 1. The fourth-order valence-electron chi connectivity index (χ4n) is 6.75. The van der Waals surface area contributed by atoms with Gasteiger partial charge in [-0.05, 0) is 97.8 Å². The van der Waals surface area contributed by atoms with E-state index in [0.717, 1.165) is 55.2 Å². The van der Waals surface area contributed by atoms with Gasteiger partial charge in [0.15, 0.2) is 0 Å². The fraction of sp³-hybridized carbons (Fsp3) is 0.600. The van der Waals surface area contributed by atoms with E-state index in [0.29, 0.717) is 29.8 Å². The summed E-state index contributed by atoms with van der Waals surface area (Å²) in [5.41, 5.74) is 4.62. The molecule has 230 valence electrons. The van der Waals surface area contributed by atoms with Crippen LogP contribution in [0, 0.1) is 12.8 Å². The maximum Gasteiger partial charge on any atom is 0.326 e. The van der Waals surface area contributed by atoms with Gasteiger partial charge in [-0.25, -0.2) is 4.79 Å². The Bertz CT molecular complexity index is 1170. The Morgan fingerprint density at radius 1 is 1.02 bits per heavy atom. The van der Waals surface area contributed by atoms with Crippen molar-refractivity contribution >= 4 is 23.6 Å². The number of nitrogens with zero attached hydrogens (tertiary/aromatic N) is 1. The van der Waals surface area contributed by atoms with Gasteiger partial charge in [0.25, 0.3) is 5.91 Å². The summed E-state index contributed by atoms with van der Waals surface area (Å²) in [6.07, 6.45) is 13.7. The standard InChI is InChI=1S/C35H50N2O4S/c1-4-10-28-16-17-29(24-41-23-26-12-6-5-7-13-26)37(28)22-27-15-18-31(32(21-27)30-14-9-8-11-25(30)2)34(38)36-33(35(39)40)19-20-42-3/h8-9,11,14-15,18,21,26,28-29,33H,4-7,10,12-13,16-17,19-20,22-24H2,1-3H3,(H,36,38)(H,39,40)/t28?,29-,33-/m0/s1. The molecule has 0 aromatic heterocycles. The monoisotopic (exact) mass is 594 g/mol. The van der Waals surface area contributed by atoms with Gasteiger partial charge < -0.3 is 15.2 Å². The summed E-state index contributed by atoms with van der Waals surface area (Å²) in [5, 5.41) is 12.5. The zero-order valence-corrected chi connectivity index (χ0v) is 26.6. The van der Waals surface area contributed by atoms with Crippen molar-refractivity contribution in [2.24, 2.45) is 5.92 Å². The number of carbonyl (C=O) groups is 2. The number of carboxylic acids is 1. The minimum absolute atomic E-state index is 0.340. The summed E-state index contributed by atoms with van der Waals surface area (Å²) in [6.45, 7) is 6.80. The zero-order chi connectivity index (χ0) is 29.9. The molecule has 3 atom stereocenters. The average molecular weight is 595 g/mol. The quantitative estimate of drug-likeness (QED) is 0.225. The van der Waals surface area contributed by atoms with Crippen molar-refractivity contribution in [2.45, 2.75) is 103 Å². The van der Waals surface area contributed by atoms with Gasteiger partial charge in [-0.1, -0.05) is 62.9 Å². The van der Waals surface area contributed by atoms with Crippen LogP contribution in [-0.2, 0) is 16.1 Å². The topological polar surface area (TPSA) is 78.9 Å². The van der Waals surface area contributed by atoms with E-state index in [2.05, 4.69) is 42.3 Å². The van der Waals surface area contributed by atoms with Crippen LogP contribution >= 0.6 is 11.8 Å². The van der Waals surface area contributed by atoms with E-state index in [-0.39, 0.29) is 5.91 Å². The predicted octanol–water partition coefficient (Wildman–Crippen LogP) is 7.33. The summed E-state index contributed by atoms with van der Waals surface area (Å²) in [7, 11) is 0. The molecule has 1 amide bonds. The normalized spacial score (nSPS) is 20.5. The molecule has 6 nitrogen and oxygen atoms in total. The van der Waals surface area contributed by atoms with Crippen molar-refractivity contribution in [1.29, 1.82) is 0 Å². The van der Waals surface area contributed by atoms with Crippen molar-refractivity contribution < 1.29 is 19.4 Å². The molecular weight excluding hydrogens is 544 g/mol. The molecule has 0 bridgehead atoms. The van der Waals surface area contributed by atoms with Crippen molar-refractivity contribution in [3.05, 3.63) is 59.2 Å². The molecule has 2 N–H and O–H groups in total. The third-order valence-corrected chi connectivity index (χ3v) is 9.77. The van der Waals surface area contributed by atoms with E-state index in [1.807, 2.05) is 30.5 Å². The Hall–Kier alpha value is -2.35. The van der Waals surface area contributed by atoms with Crippen LogP contribution in [0.5, 0.6) is 0 Å². The van der Waals surface area contributed by atoms with Crippen LogP contribution in [0.15, 0.2) is 42.5 Å². The maximum atomic E-state index is 13.5. The van der Waals surface area contributed by atoms with Crippen molar-refractivity contribution in [1.82, 2.24) is 10.2 Å². The Kier molecular flexibility index (Phi) is 12.8. The molecule has 0 radical (unpaired) electrons. The summed E-state index contributed by atoms with van der Waals surface area (Å²) < 4.78 is 6.35. The van der Waals surface area contributed by atoms with Crippen molar-refractivity contribution in [3.63, 3.8) is 0 Å². The Morgan fingerprint density at radius 2 is 1.79 bits per heavy atom. The largest absolute Gasteiger partial charge is 0.480 e. The molecule has 1 aliphatic heterocycles. The lowest BCUT2D eigenvalue weighted by Gasteiger charge is -2.31. The highest BCUT2D eigenvalue weighted by molar-refractivity contribution is 7.98. The highest BCUT2D eigenvalue weighted by atomic mass is 32.2. The second kappa shape index (κ2) is 16.5. The van der Waals surface area contributed by atoms with Crippen LogP contribution < -0.4 is 5.32 Å². The summed E-state index contributed by atoms with van der Waals surface area (Å²) in [5.74, 6) is 0.0459. The van der Waals surface area contributed by atoms with E-state index in [1.165, 1.54) is 50.5 Å². The van der Waals surface area contributed by atoms with E-state index in [9.17, 15) is 14.7 Å². The second-order valence-corrected chi connectivity index (χ2v) is 13.2. The molecule has 2 fully saturated rings. The van der Waals surface area contributed by atoms with Crippen LogP contribution in [0.25, 0.3) is 11.1 Å². The SMILES string of the molecule is CCCC1CC[C@@H](COCC2CCCCC2)N1Cc1ccc(C(=O)N[C@@H](CCSC)C(=O)O)c(-c2ccccc2C)c1. The summed E-state index contributed by atoms with van der Waals surface area (Å²) in [6, 6.07) is 14.2. The van der Waals surface area contributed by atoms with Crippen molar-refractivity contribution in [2.75, 3.05) is 25.2 Å². The number of thioether (sulfide) groups is 1. The first-order chi connectivity index (χ1) is 20.4. The molecule has 0 spiro atoms. The van der Waals surface area contributed by atoms with Crippen LogP contribution in [0.1, 0.15) is 92.6 Å². The molecule has 1 heterocycles. The minimum atomic E-state index is -1.00. The second-order valence-electron chi connectivity index (χ2n) is 12.2. The molecule has 4 rings (SSSR count). The molecule has 2 aliphatic rings. The highest BCUT2D eigenvalue weighted by Gasteiger charge is 2.33. The lowest BCUT2D eigenvalue weighted by atomic mass is 9.90. The number of likely N-dealkylation sites (tertiary alicyclic amines) is 1. The Balaban J connectivity index is 1.56. The third kappa shape index (κ3) is 8.84. The van der Waals surface area contributed by atoms with Gasteiger partial charge in [-0.15, -0.1) is 0 Å². The number of rotatable bonds is 15. The zero-order valence-electron chi connectivity index (χ0n) is 25.8. The number of aliphatic carboxylic acids is 1.